The molecular formula is C19H19ClN2O3. The second kappa shape index (κ2) is 6.30. The van der Waals surface area contributed by atoms with E-state index in [2.05, 4.69) is 17.3 Å². The zero-order valence-electron chi connectivity index (χ0n) is 13.9. The number of hydrogen-bond donors (Lipinski definition) is 0. The molecule has 4 atom stereocenters. The summed E-state index contributed by atoms with van der Waals surface area (Å²) in [7, 11) is 0. The van der Waals surface area contributed by atoms with Crippen molar-refractivity contribution in [2.75, 3.05) is 6.61 Å². The molecule has 1 aromatic carbocycles. The number of hydrogen-bond acceptors (Lipinski definition) is 4. The standard InChI is InChI=1S/C19H19ClN2O3/c1-2-25-15-8-7-14(20)9-13(15)10-21-22-18(23)16-11-3-4-12(6-5-11)17(16)19(22)24/h3-4,7-12,16-17H,2,5-6H2,1H3/b21-10-/t11-,12+,16-,17+. The maximum Gasteiger partial charge on any atom is 0.254 e. The van der Waals surface area contributed by atoms with E-state index in [1.807, 2.05) is 6.92 Å². The van der Waals surface area contributed by atoms with Crippen LogP contribution >= 0.6 is 11.6 Å². The molecule has 0 N–H and O–H groups in total. The highest BCUT2D eigenvalue weighted by atomic mass is 35.5. The van der Waals surface area contributed by atoms with Gasteiger partial charge in [0.2, 0.25) is 0 Å². The van der Waals surface area contributed by atoms with Gasteiger partial charge in [0, 0.05) is 10.6 Å². The maximum absolute atomic E-state index is 12.7. The Balaban J connectivity index is 1.62. The third-order valence-corrected chi connectivity index (χ3v) is 5.56. The summed E-state index contributed by atoms with van der Waals surface area (Å²) < 4.78 is 5.55. The third-order valence-electron chi connectivity index (χ3n) is 5.32. The second-order valence-corrected chi connectivity index (χ2v) is 7.13. The Hall–Kier alpha value is -2.14. The fourth-order valence-electron chi connectivity index (χ4n) is 4.20. The lowest BCUT2D eigenvalue weighted by Gasteiger charge is -2.37. The van der Waals surface area contributed by atoms with Gasteiger partial charge in [-0.3, -0.25) is 9.59 Å². The summed E-state index contributed by atoms with van der Waals surface area (Å²) in [5, 5.41) is 5.79. The fraction of sp³-hybridized carbons (Fsp3) is 0.421. The quantitative estimate of drug-likeness (QED) is 0.471. The normalized spacial score (nSPS) is 30.4. The van der Waals surface area contributed by atoms with E-state index >= 15 is 0 Å². The van der Waals surface area contributed by atoms with E-state index in [9.17, 15) is 9.59 Å². The SMILES string of the molecule is CCOc1ccc(Cl)cc1/C=N\N1C(=O)[C@@H]2[C@H](C1=O)[C@@H]1C=C[C@H]2CC1. The highest BCUT2D eigenvalue weighted by Gasteiger charge is 2.56. The van der Waals surface area contributed by atoms with Crippen molar-refractivity contribution in [2.24, 2.45) is 28.8 Å². The molecule has 1 saturated heterocycles. The first-order valence-corrected chi connectivity index (χ1v) is 9.00. The van der Waals surface area contributed by atoms with Crippen molar-refractivity contribution < 1.29 is 14.3 Å². The number of nitrogens with zero attached hydrogens (tertiary/aromatic N) is 2. The van der Waals surface area contributed by atoms with E-state index in [-0.39, 0.29) is 35.5 Å². The number of amides is 2. The number of benzene rings is 1. The van der Waals surface area contributed by atoms with Crippen molar-refractivity contribution in [2.45, 2.75) is 19.8 Å². The average Bonchev–Trinajstić information content (AvgIpc) is 2.89. The topological polar surface area (TPSA) is 59.0 Å². The van der Waals surface area contributed by atoms with Gasteiger partial charge in [0.15, 0.2) is 0 Å². The molecule has 2 bridgehead atoms. The predicted molar refractivity (Wildman–Crippen MR) is 94.4 cm³/mol. The van der Waals surface area contributed by atoms with E-state index in [0.717, 1.165) is 17.9 Å². The van der Waals surface area contributed by atoms with Gasteiger partial charge in [0.25, 0.3) is 11.8 Å². The number of ether oxygens (including phenoxy) is 1. The molecule has 0 spiro atoms. The van der Waals surface area contributed by atoms with Gasteiger partial charge in [-0.15, -0.1) is 0 Å². The number of halogens is 1. The van der Waals surface area contributed by atoms with E-state index in [0.29, 0.717) is 22.9 Å². The van der Waals surface area contributed by atoms with E-state index in [4.69, 9.17) is 16.3 Å². The molecule has 1 heterocycles. The predicted octanol–water partition coefficient (Wildman–Crippen LogP) is 3.27. The van der Waals surface area contributed by atoms with Crippen molar-refractivity contribution in [3.63, 3.8) is 0 Å². The van der Waals surface area contributed by atoms with Crippen LogP contribution in [0.4, 0.5) is 0 Å². The number of rotatable bonds is 4. The Kier molecular flexibility index (Phi) is 4.12. The van der Waals surface area contributed by atoms with Crippen molar-refractivity contribution >= 4 is 29.6 Å². The van der Waals surface area contributed by atoms with Crippen LogP contribution in [0.1, 0.15) is 25.3 Å². The molecule has 1 aromatic rings. The largest absolute Gasteiger partial charge is 0.493 e. The van der Waals surface area contributed by atoms with Crippen LogP contribution in [0.5, 0.6) is 5.75 Å². The van der Waals surface area contributed by atoms with Crippen molar-refractivity contribution in [1.29, 1.82) is 0 Å². The lowest BCUT2D eigenvalue weighted by atomic mass is 9.63. The van der Waals surface area contributed by atoms with Crippen LogP contribution in [0.2, 0.25) is 5.02 Å². The summed E-state index contributed by atoms with van der Waals surface area (Å²) >= 11 is 6.04. The first-order chi connectivity index (χ1) is 12.1. The highest BCUT2D eigenvalue weighted by molar-refractivity contribution is 6.30. The minimum absolute atomic E-state index is 0.164. The average molecular weight is 359 g/mol. The van der Waals surface area contributed by atoms with Crippen LogP contribution in [0.15, 0.2) is 35.5 Å². The van der Waals surface area contributed by atoms with Gasteiger partial charge in [-0.1, -0.05) is 23.8 Å². The number of fused-ring (bicyclic) bond motifs is 1. The Morgan fingerprint density at radius 1 is 1.20 bits per heavy atom. The van der Waals surface area contributed by atoms with Gasteiger partial charge < -0.3 is 4.74 Å². The highest BCUT2D eigenvalue weighted by Crippen LogP contribution is 2.49. The lowest BCUT2D eigenvalue weighted by Crippen LogP contribution is -2.38. The summed E-state index contributed by atoms with van der Waals surface area (Å²) in [6, 6.07) is 5.19. The minimum Gasteiger partial charge on any atom is -0.493 e. The van der Waals surface area contributed by atoms with Crippen LogP contribution in [0, 0.1) is 23.7 Å². The second-order valence-electron chi connectivity index (χ2n) is 6.69. The van der Waals surface area contributed by atoms with E-state index < -0.39 is 0 Å². The van der Waals surface area contributed by atoms with Crippen LogP contribution in [0.25, 0.3) is 0 Å². The molecule has 1 saturated carbocycles. The Labute approximate surface area is 151 Å². The number of carbonyl (C=O) groups excluding carboxylic acids is 2. The molecule has 5 nitrogen and oxygen atoms in total. The number of hydrazone groups is 1. The molecule has 6 heteroatoms. The third kappa shape index (κ3) is 2.67. The van der Waals surface area contributed by atoms with Gasteiger partial charge >= 0.3 is 0 Å². The molecule has 0 aromatic heterocycles. The molecule has 1 aliphatic heterocycles. The van der Waals surface area contributed by atoms with Gasteiger partial charge in [-0.2, -0.15) is 10.1 Å². The minimum atomic E-state index is -0.251. The summed E-state index contributed by atoms with van der Waals surface area (Å²) in [4.78, 5) is 25.5. The lowest BCUT2D eigenvalue weighted by molar-refractivity contribution is -0.140. The first-order valence-electron chi connectivity index (χ1n) is 8.62. The van der Waals surface area contributed by atoms with Gasteiger partial charge in [-0.25, -0.2) is 0 Å². The molecule has 2 fully saturated rings. The zero-order valence-corrected chi connectivity index (χ0v) is 14.6. The fourth-order valence-corrected chi connectivity index (χ4v) is 4.38. The van der Waals surface area contributed by atoms with Gasteiger partial charge in [-0.05, 0) is 49.8 Å². The smallest absolute Gasteiger partial charge is 0.254 e. The first kappa shape index (κ1) is 16.3. The monoisotopic (exact) mass is 358 g/mol. The molecule has 25 heavy (non-hydrogen) atoms. The molecule has 0 radical (unpaired) electrons. The summed E-state index contributed by atoms with van der Waals surface area (Å²) in [5.74, 6) is 0.0660. The molecule has 3 aliphatic carbocycles. The molecule has 2 amide bonds. The number of imide groups is 1. The molecule has 130 valence electrons. The number of carbonyl (C=O) groups is 2. The van der Waals surface area contributed by atoms with E-state index in [1.54, 1.807) is 18.2 Å². The Morgan fingerprint density at radius 2 is 1.84 bits per heavy atom. The molecular weight excluding hydrogens is 340 g/mol. The summed E-state index contributed by atoms with van der Waals surface area (Å²) in [6.45, 7) is 2.39. The van der Waals surface area contributed by atoms with Crippen LogP contribution < -0.4 is 4.74 Å². The Morgan fingerprint density at radius 3 is 2.40 bits per heavy atom. The summed E-state index contributed by atoms with van der Waals surface area (Å²) in [6.07, 6.45) is 7.62. The Bertz CT molecular complexity index is 757. The van der Waals surface area contributed by atoms with Crippen LogP contribution in [0.3, 0.4) is 0 Å². The van der Waals surface area contributed by atoms with Crippen molar-refractivity contribution in [3.8, 4) is 5.75 Å². The molecule has 0 unspecified atom stereocenters. The molecule has 5 rings (SSSR count). The molecule has 4 aliphatic rings. The summed E-state index contributed by atoms with van der Waals surface area (Å²) in [5.41, 5.74) is 0.644. The maximum atomic E-state index is 12.7. The number of allylic oxidation sites excluding steroid dienone is 2. The van der Waals surface area contributed by atoms with Crippen LogP contribution in [-0.4, -0.2) is 29.6 Å². The van der Waals surface area contributed by atoms with E-state index in [1.165, 1.54) is 6.21 Å². The van der Waals surface area contributed by atoms with Crippen LogP contribution in [-0.2, 0) is 9.59 Å². The van der Waals surface area contributed by atoms with Crippen molar-refractivity contribution in [1.82, 2.24) is 5.01 Å². The van der Waals surface area contributed by atoms with Gasteiger partial charge in [0.1, 0.15) is 5.75 Å². The zero-order chi connectivity index (χ0) is 17.6. The van der Waals surface area contributed by atoms with Gasteiger partial charge in [0.05, 0.1) is 24.7 Å². The van der Waals surface area contributed by atoms with Crippen molar-refractivity contribution in [3.05, 3.63) is 40.9 Å².